The minimum Gasteiger partial charge on any atom is -0.383 e. The summed E-state index contributed by atoms with van der Waals surface area (Å²) in [5.41, 5.74) is 0.337. The molecule has 0 aromatic heterocycles. The van der Waals surface area contributed by atoms with Crippen LogP contribution in [-0.4, -0.2) is 65.2 Å². The van der Waals surface area contributed by atoms with E-state index in [1.54, 1.807) is 12.1 Å². The first kappa shape index (κ1) is 21.8. The van der Waals surface area contributed by atoms with E-state index < -0.39 is 10.0 Å². The van der Waals surface area contributed by atoms with Crippen LogP contribution in [-0.2, 0) is 14.8 Å². The number of methoxy groups -OCH3 is 1. The number of rotatable bonds is 9. The van der Waals surface area contributed by atoms with Crippen molar-refractivity contribution in [2.45, 2.75) is 37.6 Å². The molecule has 2 N–H and O–H groups in total. The molecule has 1 aromatic carbocycles. The fraction of sp³-hybridized carbons (Fsp3) is 0.632. The Hall–Kier alpha value is -1.48. The van der Waals surface area contributed by atoms with Crippen molar-refractivity contribution >= 4 is 15.9 Å². The van der Waals surface area contributed by atoms with Gasteiger partial charge in [0.25, 0.3) is 5.91 Å². The van der Waals surface area contributed by atoms with Gasteiger partial charge in [-0.25, -0.2) is 13.1 Å². The zero-order valence-corrected chi connectivity index (χ0v) is 17.2. The van der Waals surface area contributed by atoms with Gasteiger partial charge >= 0.3 is 0 Å². The van der Waals surface area contributed by atoms with Crippen molar-refractivity contribution in [3.63, 3.8) is 0 Å². The first-order valence-corrected chi connectivity index (χ1v) is 10.9. The lowest BCUT2D eigenvalue weighted by Gasteiger charge is -2.35. The van der Waals surface area contributed by atoms with Crippen LogP contribution in [0.1, 0.15) is 37.0 Å². The van der Waals surface area contributed by atoms with E-state index in [9.17, 15) is 13.2 Å². The van der Waals surface area contributed by atoms with Crippen molar-refractivity contribution in [3.05, 3.63) is 29.8 Å². The van der Waals surface area contributed by atoms with Crippen molar-refractivity contribution in [2.75, 3.05) is 39.9 Å². The summed E-state index contributed by atoms with van der Waals surface area (Å²) in [7, 11) is -2.16. The van der Waals surface area contributed by atoms with Gasteiger partial charge in [-0.3, -0.25) is 9.69 Å². The van der Waals surface area contributed by atoms with Gasteiger partial charge in [-0.05, 0) is 57.0 Å². The Bertz CT molecular complexity index is 715. The molecule has 1 heterocycles. The van der Waals surface area contributed by atoms with Crippen LogP contribution >= 0.6 is 0 Å². The average Bonchev–Trinajstić information content (AvgIpc) is 2.66. The summed E-state index contributed by atoms with van der Waals surface area (Å²) >= 11 is 0. The molecular formula is C19H31N3O4S. The van der Waals surface area contributed by atoms with Crippen LogP contribution in [0, 0.1) is 5.92 Å². The number of sulfonamides is 1. The fourth-order valence-corrected chi connectivity index (χ4v) is 4.17. The molecule has 0 spiro atoms. The number of hydrogen-bond acceptors (Lipinski definition) is 5. The molecule has 1 amide bonds. The number of benzene rings is 1. The summed E-state index contributed by atoms with van der Waals surface area (Å²) in [6.07, 6.45) is 2.38. The van der Waals surface area contributed by atoms with E-state index in [4.69, 9.17) is 4.74 Å². The molecule has 1 atom stereocenters. The van der Waals surface area contributed by atoms with E-state index in [1.165, 1.54) is 32.1 Å². The minimum atomic E-state index is -3.66. The van der Waals surface area contributed by atoms with Gasteiger partial charge in [-0.1, -0.05) is 13.0 Å². The number of nitrogens with one attached hydrogen (secondary N) is 2. The first-order valence-electron chi connectivity index (χ1n) is 9.44. The number of nitrogens with zero attached hydrogens (tertiary/aromatic N) is 1. The number of piperidine rings is 1. The third-order valence-electron chi connectivity index (χ3n) is 5.00. The Morgan fingerprint density at radius 1 is 1.33 bits per heavy atom. The van der Waals surface area contributed by atoms with Crippen molar-refractivity contribution in [1.82, 2.24) is 14.9 Å². The molecular weight excluding hydrogens is 366 g/mol. The molecule has 1 aliphatic heterocycles. The Kier molecular flexibility index (Phi) is 8.22. The van der Waals surface area contributed by atoms with Crippen LogP contribution < -0.4 is 10.0 Å². The van der Waals surface area contributed by atoms with Crippen LogP contribution in [0.2, 0.25) is 0 Å². The van der Waals surface area contributed by atoms with Crippen LogP contribution in [0.4, 0.5) is 0 Å². The molecule has 8 heteroatoms. The third-order valence-corrected chi connectivity index (χ3v) is 6.46. The van der Waals surface area contributed by atoms with Gasteiger partial charge in [0, 0.05) is 31.8 Å². The van der Waals surface area contributed by atoms with E-state index in [2.05, 4.69) is 28.8 Å². The Labute approximate surface area is 162 Å². The summed E-state index contributed by atoms with van der Waals surface area (Å²) in [6.45, 7) is 7.49. The van der Waals surface area contributed by atoms with Crippen LogP contribution in [0.25, 0.3) is 0 Å². The van der Waals surface area contributed by atoms with E-state index in [-0.39, 0.29) is 30.0 Å². The quantitative estimate of drug-likeness (QED) is 0.616. The van der Waals surface area contributed by atoms with Crippen molar-refractivity contribution in [1.29, 1.82) is 0 Å². The lowest BCUT2D eigenvalue weighted by atomic mass is 9.98. The van der Waals surface area contributed by atoms with Gasteiger partial charge in [0.1, 0.15) is 0 Å². The Morgan fingerprint density at radius 2 is 2.04 bits per heavy atom. The monoisotopic (exact) mass is 397 g/mol. The standard InChI is InChI=1S/C19H31N3O4S/c1-15-7-10-22(11-8-15)16(2)14-20-19(23)17-5-4-6-18(13-17)27(24,25)21-9-12-26-3/h4-6,13,15-16,21H,7-12,14H2,1-3H3,(H,20,23). The lowest BCUT2D eigenvalue weighted by molar-refractivity contribution is 0.0921. The second kappa shape index (κ2) is 10.2. The molecule has 1 fully saturated rings. The molecule has 1 unspecified atom stereocenters. The summed E-state index contributed by atoms with van der Waals surface area (Å²) < 4.78 is 31.8. The van der Waals surface area contributed by atoms with Crippen LogP contribution in [0.5, 0.6) is 0 Å². The number of amides is 1. The summed E-state index contributed by atoms with van der Waals surface area (Å²) in [6, 6.07) is 6.33. The van der Waals surface area contributed by atoms with E-state index in [1.807, 2.05) is 0 Å². The molecule has 0 saturated carbocycles. The van der Waals surface area contributed by atoms with E-state index in [0.717, 1.165) is 19.0 Å². The second-order valence-electron chi connectivity index (χ2n) is 7.20. The summed E-state index contributed by atoms with van der Waals surface area (Å²) in [4.78, 5) is 14.9. The zero-order valence-electron chi connectivity index (χ0n) is 16.4. The third kappa shape index (κ3) is 6.57. The van der Waals surface area contributed by atoms with Crippen molar-refractivity contribution in [2.24, 2.45) is 5.92 Å². The normalized spacial score (nSPS) is 17.6. The Balaban J connectivity index is 1.92. The highest BCUT2D eigenvalue weighted by Gasteiger charge is 2.21. The van der Waals surface area contributed by atoms with Crippen LogP contribution in [0.15, 0.2) is 29.2 Å². The predicted molar refractivity (Wildman–Crippen MR) is 105 cm³/mol. The number of likely N-dealkylation sites (tertiary alicyclic amines) is 1. The number of carbonyl (C=O) groups excluding carboxylic acids is 1. The SMILES string of the molecule is COCCNS(=O)(=O)c1cccc(C(=O)NCC(C)N2CCC(C)CC2)c1. The maximum absolute atomic E-state index is 12.5. The molecule has 1 saturated heterocycles. The molecule has 7 nitrogen and oxygen atoms in total. The molecule has 0 radical (unpaired) electrons. The first-order chi connectivity index (χ1) is 12.8. The van der Waals surface area contributed by atoms with Gasteiger partial charge in [-0.2, -0.15) is 0 Å². The highest BCUT2D eigenvalue weighted by Crippen LogP contribution is 2.18. The topological polar surface area (TPSA) is 87.7 Å². The number of hydrogen-bond donors (Lipinski definition) is 2. The maximum atomic E-state index is 12.5. The molecule has 0 bridgehead atoms. The number of carbonyl (C=O) groups is 1. The molecule has 152 valence electrons. The van der Waals surface area contributed by atoms with E-state index in [0.29, 0.717) is 12.1 Å². The highest BCUT2D eigenvalue weighted by atomic mass is 32.2. The lowest BCUT2D eigenvalue weighted by Crippen LogP contribution is -2.45. The summed E-state index contributed by atoms with van der Waals surface area (Å²) in [5.74, 6) is 0.506. The molecule has 27 heavy (non-hydrogen) atoms. The average molecular weight is 398 g/mol. The molecule has 2 rings (SSSR count). The molecule has 1 aromatic rings. The maximum Gasteiger partial charge on any atom is 0.251 e. The smallest absolute Gasteiger partial charge is 0.251 e. The second-order valence-corrected chi connectivity index (χ2v) is 8.96. The van der Waals surface area contributed by atoms with Crippen LogP contribution in [0.3, 0.4) is 0 Å². The van der Waals surface area contributed by atoms with Gasteiger partial charge in [0.05, 0.1) is 11.5 Å². The molecule has 1 aliphatic rings. The van der Waals surface area contributed by atoms with Crippen molar-refractivity contribution < 1.29 is 17.9 Å². The predicted octanol–water partition coefficient (Wildman–Crippen LogP) is 1.46. The zero-order chi connectivity index (χ0) is 19.9. The molecule has 0 aliphatic carbocycles. The van der Waals surface area contributed by atoms with Gasteiger partial charge in [0.15, 0.2) is 0 Å². The number of ether oxygens (including phenoxy) is 1. The van der Waals surface area contributed by atoms with Gasteiger partial charge in [-0.15, -0.1) is 0 Å². The van der Waals surface area contributed by atoms with Gasteiger partial charge < -0.3 is 10.1 Å². The van der Waals surface area contributed by atoms with Crippen molar-refractivity contribution in [3.8, 4) is 0 Å². The van der Waals surface area contributed by atoms with E-state index >= 15 is 0 Å². The minimum absolute atomic E-state index is 0.0734. The van der Waals surface area contributed by atoms with Gasteiger partial charge in [0.2, 0.25) is 10.0 Å². The Morgan fingerprint density at radius 3 is 2.70 bits per heavy atom. The highest BCUT2D eigenvalue weighted by molar-refractivity contribution is 7.89. The summed E-state index contributed by atoms with van der Waals surface area (Å²) in [5, 5.41) is 2.92. The fourth-order valence-electron chi connectivity index (χ4n) is 3.11. The largest absolute Gasteiger partial charge is 0.383 e.